The predicted molar refractivity (Wildman–Crippen MR) is 76.5 cm³/mol. The number of ether oxygens (including phenoxy) is 1. The van der Waals surface area contributed by atoms with E-state index in [0.29, 0.717) is 22.7 Å². The minimum Gasteiger partial charge on any atom is -0.382 e. The Hall–Kier alpha value is -1.28. The summed E-state index contributed by atoms with van der Waals surface area (Å²) in [6.07, 6.45) is 0.984. The van der Waals surface area contributed by atoms with Crippen LogP contribution in [0.3, 0.4) is 0 Å². The van der Waals surface area contributed by atoms with Crippen molar-refractivity contribution in [3.8, 4) is 6.07 Å². The number of nitrogens with zero attached hydrogens (tertiary/aromatic N) is 1. The van der Waals surface area contributed by atoms with Gasteiger partial charge < -0.3 is 15.4 Å². The van der Waals surface area contributed by atoms with Crippen molar-refractivity contribution in [3.05, 3.63) is 28.8 Å². The molecule has 2 atom stereocenters. The van der Waals surface area contributed by atoms with Gasteiger partial charge >= 0.3 is 0 Å². The molecule has 0 amide bonds. The molecule has 0 aromatic heterocycles. The average Bonchev–Trinajstić information content (AvgIpc) is 2.40. The summed E-state index contributed by atoms with van der Waals surface area (Å²) in [7, 11) is 0. The van der Waals surface area contributed by atoms with E-state index in [0.717, 1.165) is 31.9 Å². The zero-order chi connectivity index (χ0) is 13.7. The molecule has 0 saturated carbocycles. The van der Waals surface area contributed by atoms with Crippen molar-refractivity contribution in [1.29, 1.82) is 5.26 Å². The van der Waals surface area contributed by atoms with Crippen LogP contribution in [-0.4, -0.2) is 31.8 Å². The van der Waals surface area contributed by atoms with Gasteiger partial charge in [0.1, 0.15) is 6.07 Å². The molecule has 2 N–H and O–H groups in total. The Morgan fingerprint density at radius 2 is 2.47 bits per heavy atom. The minimum absolute atomic E-state index is 0.309. The largest absolute Gasteiger partial charge is 0.382 e. The highest BCUT2D eigenvalue weighted by Crippen LogP contribution is 2.21. The first-order valence-electron chi connectivity index (χ1n) is 6.46. The highest BCUT2D eigenvalue weighted by molar-refractivity contribution is 6.32. The fourth-order valence-corrected chi connectivity index (χ4v) is 2.46. The maximum atomic E-state index is 8.83. The van der Waals surface area contributed by atoms with E-state index in [1.54, 1.807) is 12.1 Å². The second-order valence-corrected chi connectivity index (χ2v) is 5.22. The normalized spacial score (nSPS) is 20.6. The van der Waals surface area contributed by atoms with Gasteiger partial charge in [-0.05, 0) is 31.5 Å². The molecule has 0 spiro atoms. The predicted octanol–water partition coefficient (Wildman–Crippen LogP) is 2.39. The summed E-state index contributed by atoms with van der Waals surface area (Å²) in [5.74, 6) is 0. The van der Waals surface area contributed by atoms with E-state index in [1.165, 1.54) is 0 Å². The lowest BCUT2D eigenvalue weighted by Crippen LogP contribution is -2.43. The average molecular weight is 280 g/mol. The van der Waals surface area contributed by atoms with Crippen LogP contribution in [0.4, 0.5) is 5.69 Å². The van der Waals surface area contributed by atoms with E-state index >= 15 is 0 Å². The van der Waals surface area contributed by atoms with Crippen LogP contribution in [0.25, 0.3) is 0 Å². The van der Waals surface area contributed by atoms with Gasteiger partial charge in [0.15, 0.2) is 0 Å². The molecule has 1 aliphatic heterocycles. The number of anilines is 1. The van der Waals surface area contributed by atoms with E-state index in [2.05, 4.69) is 23.6 Å². The number of morpholine rings is 1. The van der Waals surface area contributed by atoms with E-state index < -0.39 is 0 Å². The van der Waals surface area contributed by atoms with Crippen LogP contribution < -0.4 is 10.6 Å². The van der Waals surface area contributed by atoms with Gasteiger partial charge in [-0.25, -0.2) is 0 Å². The van der Waals surface area contributed by atoms with Crippen molar-refractivity contribution in [2.45, 2.75) is 25.4 Å². The molecule has 2 unspecified atom stereocenters. The molecule has 1 aromatic rings. The number of nitrogens with one attached hydrogen (secondary N) is 2. The zero-order valence-electron chi connectivity index (χ0n) is 10.9. The summed E-state index contributed by atoms with van der Waals surface area (Å²) >= 11 is 6.01. The number of hydrogen-bond donors (Lipinski definition) is 2. The summed E-state index contributed by atoms with van der Waals surface area (Å²) in [5, 5.41) is 16.1. The fraction of sp³-hybridized carbons (Fsp3) is 0.500. The molecule has 2 rings (SSSR count). The standard InChI is InChI=1S/C14H18ClN3O/c1-10(6-13-9-19-5-4-17-13)18-12-3-2-11(8-16)14(15)7-12/h2-3,7,10,13,17-18H,4-6,9H2,1H3. The van der Waals surface area contributed by atoms with Gasteiger partial charge in [0.25, 0.3) is 0 Å². The number of hydrogen-bond acceptors (Lipinski definition) is 4. The molecule has 19 heavy (non-hydrogen) atoms. The van der Waals surface area contributed by atoms with Crippen molar-refractivity contribution in [2.24, 2.45) is 0 Å². The SMILES string of the molecule is CC(CC1COCCN1)Nc1ccc(C#N)c(Cl)c1. The Bertz CT molecular complexity index is 466. The quantitative estimate of drug-likeness (QED) is 0.889. The highest BCUT2D eigenvalue weighted by atomic mass is 35.5. The summed E-state index contributed by atoms with van der Waals surface area (Å²) in [4.78, 5) is 0. The summed E-state index contributed by atoms with van der Waals surface area (Å²) in [5.41, 5.74) is 1.44. The molecule has 1 heterocycles. The van der Waals surface area contributed by atoms with Crippen LogP contribution in [0.5, 0.6) is 0 Å². The minimum atomic E-state index is 0.309. The Kier molecular flexibility index (Phi) is 5.03. The molecule has 5 heteroatoms. The molecule has 102 valence electrons. The lowest BCUT2D eigenvalue weighted by Gasteiger charge is -2.27. The van der Waals surface area contributed by atoms with Crippen LogP contribution in [0.1, 0.15) is 18.9 Å². The summed E-state index contributed by atoms with van der Waals surface area (Å²) < 4.78 is 5.44. The van der Waals surface area contributed by atoms with Gasteiger partial charge in [-0.15, -0.1) is 0 Å². The molecule has 1 aromatic carbocycles. The Morgan fingerprint density at radius 1 is 1.63 bits per heavy atom. The van der Waals surface area contributed by atoms with Crippen LogP contribution in [0.2, 0.25) is 5.02 Å². The third-order valence-corrected chi connectivity index (χ3v) is 3.45. The molecule has 1 aliphatic rings. The number of nitriles is 1. The Morgan fingerprint density at radius 3 is 3.11 bits per heavy atom. The fourth-order valence-electron chi connectivity index (χ4n) is 2.24. The van der Waals surface area contributed by atoms with E-state index in [9.17, 15) is 0 Å². The van der Waals surface area contributed by atoms with Crippen molar-refractivity contribution < 1.29 is 4.74 Å². The van der Waals surface area contributed by atoms with Crippen LogP contribution >= 0.6 is 11.6 Å². The summed E-state index contributed by atoms with van der Waals surface area (Å²) in [6, 6.07) is 8.17. The molecule has 0 aliphatic carbocycles. The monoisotopic (exact) mass is 279 g/mol. The maximum absolute atomic E-state index is 8.83. The first-order chi connectivity index (χ1) is 9.19. The van der Waals surface area contributed by atoms with Crippen molar-refractivity contribution in [3.63, 3.8) is 0 Å². The van der Waals surface area contributed by atoms with Gasteiger partial charge in [-0.2, -0.15) is 5.26 Å². The molecule has 1 fully saturated rings. The molecule has 0 radical (unpaired) electrons. The smallest absolute Gasteiger partial charge is 0.101 e. The zero-order valence-corrected chi connectivity index (χ0v) is 11.7. The lowest BCUT2D eigenvalue weighted by molar-refractivity contribution is 0.0731. The topological polar surface area (TPSA) is 57.1 Å². The molecular weight excluding hydrogens is 262 g/mol. The van der Waals surface area contributed by atoms with Gasteiger partial charge in [-0.3, -0.25) is 0 Å². The maximum Gasteiger partial charge on any atom is 0.101 e. The van der Waals surface area contributed by atoms with Crippen molar-refractivity contribution in [2.75, 3.05) is 25.1 Å². The molecule has 1 saturated heterocycles. The van der Waals surface area contributed by atoms with E-state index in [4.69, 9.17) is 21.6 Å². The second kappa shape index (κ2) is 6.76. The molecular formula is C14H18ClN3O. The van der Waals surface area contributed by atoms with E-state index in [-0.39, 0.29) is 0 Å². The Labute approximate surface area is 118 Å². The van der Waals surface area contributed by atoms with E-state index in [1.807, 2.05) is 6.07 Å². The molecule has 0 bridgehead atoms. The van der Waals surface area contributed by atoms with Crippen LogP contribution in [0.15, 0.2) is 18.2 Å². The molecule has 4 nitrogen and oxygen atoms in total. The van der Waals surface area contributed by atoms with Crippen LogP contribution in [0, 0.1) is 11.3 Å². The number of rotatable bonds is 4. The number of halogens is 1. The van der Waals surface area contributed by atoms with Crippen LogP contribution in [-0.2, 0) is 4.74 Å². The van der Waals surface area contributed by atoms with Gasteiger partial charge in [0, 0.05) is 24.3 Å². The van der Waals surface area contributed by atoms with Crippen molar-refractivity contribution >= 4 is 17.3 Å². The van der Waals surface area contributed by atoms with Gasteiger partial charge in [0.2, 0.25) is 0 Å². The number of benzene rings is 1. The third kappa shape index (κ3) is 4.10. The summed E-state index contributed by atoms with van der Waals surface area (Å²) in [6.45, 7) is 4.60. The van der Waals surface area contributed by atoms with Gasteiger partial charge in [0.05, 0.1) is 23.8 Å². The highest BCUT2D eigenvalue weighted by Gasteiger charge is 2.16. The second-order valence-electron chi connectivity index (χ2n) is 4.81. The van der Waals surface area contributed by atoms with Gasteiger partial charge in [-0.1, -0.05) is 11.6 Å². The Balaban J connectivity index is 1.89. The van der Waals surface area contributed by atoms with Crippen molar-refractivity contribution in [1.82, 2.24) is 5.32 Å². The first kappa shape index (κ1) is 14.1. The first-order valence-corrected chi connectivity index (χ1v) is 6.84. The third-order valence-electron chi connectivity index (χ3n) is 3.14. The lowest BCUT2D eigenvalue weighted by atomic mass is 10.1.